The number of allylic oxidation sites excluding steroid dienone is 3. The first kappa shape index (κ1) is 34.5. The van der Waals surface area contributed by atoms with E-state index in [0.717, 1.165) is 44.5 Å². The fourth-order valence-corrected chi connectivity index (χ4v) is 6.81. The standard InChI is InChI=1S/C36H39Cl3N6O2/c1-24(2)20-32-23-43(18-19-44(32)31-12-15-42(16-13-31)35(46)26-4-8-29(37)9-5-26)25(3)33(39)21-28(22-40)34-41-14-17-45(34)36(47)27-6-10-30(38)11-7-27/h4-11,14,17,21-22,31-32H,1,3,12-13,15-16,18-20,23,40H2,2H3/b28-22+,33-21+/t32-/m0/s1. The van der Waals surface area contributed by atoms with Crippen LogP contribution in [0.3, 0.4) is 0 Å². The van der Waals surface area contributed by atoms with E-state index in [1.165, 1.54) is 10.8 Å². The fraction of sp³-hybridized carbons (Fsp3) is 0.306. The van der Waals surface area contributed by atoms with Gasteiger partial charge in [0.05, 0.1) is 5.03 Å². The zero-order valence-electron chi connectivity index (χ0n) is 26.4. The molecule has 246 valence electrons. The summed E-state index contributed by atoms with van der Waals surface area (Å²) in [6.07, 6.45) is 8.86. The van der Waals surface area contributed by atoms with E-state index in [2.05, 4.69) is 34.9 Å². The van der Waals surface area contributed by atoms with Gasteiger partial charge in [0, 0.05) is 95.8 Å². The molecule has 0 aliphatic carbocycles. The van der Waals surface area contributed by atoms with Crippen LogP contribution < -0.4 is 5.73 Å². The van der Waals surface area contributed by atoms with Gasteiger partial charge < -0.3 is 15.5 Å². The molecule has 0 saturated carbocycles. The Morgan fingerprint density at radius 3 is 2.09 bits per heavy atom. The van der Waals surface area contributed by atoms with E-state index in [-0.39, 0.29) is 17.9 Å². The average Bonchev–Trinajstić information content (AvgIpc) is 3.56. The Bertz CT molecular complexity index is 1690. The van der Waals surface area contributed by atoms with E-state index >= 15 is 0 Å². The lowest BCUT2D eigenvalue weighted by molar-refractivity contribution is 0.0251. The molecule has 1 aromatic heterocycles. The first-order valence-electron chi connectivity index (χ1n) is 15.6. The molecule has 0 bridgehead atoms. The number of hydrogen-bond donors (Lipinski definition) is 1. The van der Waals surface area contributed by atoms with Gasteiger partial charge in [0.15, 0.2) is 0 Å². The summed E-state index contributed by atoms with van der Waals surface area (Å²) in [5, 5.41) is 1.57. The molecule has 2 aromatic carbocycles. The number of likely N-dealkylation sites (tertiary alicyclic amines) is 1. The van der Waals surface area contributed by atoms with Gasteiger partial charge in [0.1, 0.15) is 5.82 Å². The summed E-state index contributed by atoms with van der Waals surface area (Å²) >= 11 is 18.9. The second kappa shape index (κ2) is 15.4. The van der Waals surface area contributed by atoms with Crippen molar-refractivity contribution in [2.24, 2.45) is 5.73 Å². The van der Waals surface area contributed by atoms with Crippen molar-refractivity contribution in [3.63, 3.8) is 0 Å². The molecule has 2 saturated heterocycles. The van der Waals surface area contributed by atoms with Gasteiger partial charge in [0.25, 0.3) is 11.8 Å². The number of imidazole rings is 1. The molecule has 3 aromatic rings. The fourth-order valence-electron chi connectivity index (χ4n) is 6.33. The Morgan fingerprint density at radius 1 is 0.915 bits per heavy atom. The van der Waals surface area contributed by atoms with E-state index in [1.54, 1.807) is 67.0 Å². The van der Waals surface area contributed by atoms with Crippen LogP contribution in [-0.2, 0) is 0 Å². The minimum atomic E-state index is -0.268. The third-order valence-electron chi connectivity index (χ3n) is 8.75. The van der Waals surface area contributed by atoms with Gasteiger partial charge in [-0.2, -0.15) is 0 Å². The van der Waals surface area contributed by atoms with Crippen LogP contribution in [0.2, 0.25) is 10.0 Å². The van der Waals surface area contributed by atoms with Gasteiger partial charge in [-0.1, -0.05) is 47.0 Å². The van der Waals surface area contributed by atoms with Crippen molar-refractivity contribution in [3.05, 3.63) is 130 Å². The minimum absolute atomic E-state index is 0.0452. The summed E-state index contributed by atoms with van der Waals surface area (Å²) < 4.78 is 1.43. The van der Waals surface area contributed by atoms with Crippen molar-refractivity contribution in [3.8, 4) is 0 Å². The van der Waals surface area contributed by atoms with Crippen molar-refractivity contribution in [2.75, 3.05) is 32.7 Å². The molecule has 3 heterocycles. The summed E-state index contributed by atoms with van der Waals surface area (Å²) in [5.41, 5.74) is 9.41. The van der Waals surface area contributed by atoms with Gasteiger partial charge in [-0.3, -0.25) is 19.1 Å². The number of amides is 1. The molecule has 2 aliphatic rings. The summed E-state index contributed by atoms with van der Waals surface area (Å²) in [6, 6.07) is 14.3. The van der Waals surface area contributed by atoms with Crippen molar-refractivity contribution in [1.82, 2.24) is 24.3 Å². The van der Waals surface area contributed by atoms with Crippen LogP contribution in [0, 0.1) is 0 Å². The van der Waals surface area contributed by atoms with Gasteiger partial charge >= 0.3 is 0 Å². The predicted molar refractivity (Wildman–Crippen MR) is 191 cm³/mol. The molecule has 2 N–H and O–H groups in total. The maximum absolute atomic E-state index is 13.2. The molecule has 47 heavy (non-hydrogen) atoms. The molecule has 0 radical (unpaired) electrons. The smallest absolute Gasteiger partial charge is 0.263 e. The maximum Gasteiger partial charge on any atom is 0.263 e. The van der Waals surface area contributed by atoms with Crippen LogP contribution in [0.25, 0.3) is 5.57 Å². The van der Waals surface area contributed by atoms with Crippen molar-refractivity contribution >= 4 is 52.2 Å². The van der Waals surface area contributed by atoms with E-state index in [4.69, 9.17) is 40.5 Å². The zero-order valence-corrected chi connectivity index (χ0v) is 28.7. The van der Waals surface area contributed by atoms with Gasteiger partial charge in [-0.15, -0.1) is 6.58 Å². The van der Waals surface area contributed by atoms with E-state index < -0.39 is 0 Å². The topological polar surface area (TPSA) is 87.7 Å². The van der Waals surface area contributed by atoms with Crippen LogP contribution in [0.4, 0.5) is 0 Å². The largest absolute Gasteiger partial charge is 0.404 e. The lowest BCUT2D eigenvalue weighted by atomic mass is 9.95. The van der Waals surface area contributed by atoms with Gasteiger partial charge in [-0.25, -0.2) is 4.98 Å². The summed E-state index contributed by atoms with van der Waals surface area (Å²) in [6.45, 7) is 14.3. The number of rotatable bonds is 9. The first-order valence-corrected chi connectivity index (χ1v) is 16.7. The molecule has 1 atom stereocenters. The van der Waals surface area contributed by atoms with Crippen LogP contribution in [0.15, 0.2) is 103 Å². The Morgan fingerprint density at radius 2 is 1.51 bits per heavy atom. The first-order chi connectivity index (χ1) is 22.5. The van der Waals surface area contributed by atoms with Crippen LogP contribution in [0.1, 0.15) is 52.7 Å². The van der Waals surface area contributed by atoms with Crippen LogP contribution in [0.5, 0.6) is 0 Å². The second-order valence-corrected chi connectivity index (χ2v) is 13.3. The van der Waals surface area contributed by atoms with Crippen LogP contribution >= 0.6 is 34.8 Å². The monoisotopic (exact) mass is 692 g/mol. The number of carbonyl (C=O) groups excluding carboxylic acids is 2. The van der Waals surface area contributed by atoms with Crippen LogP contribution in [-0.4, -0.2) is 80.9 Å². The highest BCUT2D eigenvalue weighted by atomic mass is 35.5. The number of halogens is 3. The normalized spacial score (nSPS) is 18.3. The Labute approximate surface area is 291 Å². The summed E-state index contributed by atoms with van der Waals surface area (Å²) in [4.78, 5) is 37.4. The molecule has 2 aliphatic heterocycles. The number of nitrogens with two attached hydrogens (primary N) is 1. The van der Waals surface area contributed by atoms with Gasteiger partial charge in [0.2, 0.25) is 0 Å². The highest BCUT2D eigenvalue weighted by Crippen LogP contribution is 2.30. The molecular weight excluding hydrogens is 655 g/mol. The third kappa shape index (κ3) is 8.19. The molecule has 0 unspecified atom stereocenters. The highest BCUT2D eigenvalue weighted by Gasteiger charge is 2.35. The molecule has 5 rings (SSSR count). The maximum atomic E-state index is 13.2. The van der Waals surface area contributed by atoms with E-state index in [1.807, 2.05) is 4.90 Å². The third-order valence-corrected chi connectivity index (χ3v) is 9.58. The number of hydrogen-bond acceptors (Lipinski definition) is 6. The molecule has 11 heteroatoms. The predicted octanol–water partition coefficient (Wildman–Crippen LogP) is 7.07. The summed E-state index contributed by atoms with van der Waals surface area (Å²) in [5.74, 6) is 0.143. The van der Waals surface area contributed by atoms with E-state index in [9.17, 15) is 9.59 Å². The molecular formula is C36H39Cl3N6O2. The SMILES string of the molecule is C=C(C)C[C@H]1CN(C(=C)/C(Cl)=C\C(=C/N)c2nccn2C(=O)c2ccc(Cl)cc2)CCN1C1CCN(C(=O)c2ccc(Cl)cc2)CC1. The molecule has 2 fully saturated rings. The number of benzene rings is 2. The lowest BCUT2D eigenvalue weighted by Gasteiger charge is -2.48. The molecule has 1 amide bonds. The van der Waals surface area contributed by atoms with Crippen molar-refractivity contribution in [1.29, 1.82) is 0 Å². The van der Waals surface area contributed by atoms with Crippen molar-refractivity contribution in [2.45, 2.75) is 38.3 Å². The summed E-state index contributed by atoms with van der Waals surface area (Å²) in [7, 11) is 0. The number of carbonyl (C=O) groups is 2. The molecule has 8 nitrogen and oxygen atoms in total. The Balaban J connectivity index is 1.24. The Kier molecular flexibility index (Phi) is 11.3. The van der Waals surface area contributed by atoms with E-state index in [0.29, 0.717) is 62.4 Å². The van der Waals surface area contributed by atoms with Gasteiger partial charge in [-0.05, 0) is 80.8 Å². The minimum Gasteiger partial charge on any atom is -0.404 e. The Hall–Kier alpha value is -3.82. The second-order valence-electron chi connectivity index (χ2n) is 12.0. The number of aromatic nitrogens is 2. The molecule has 0 spiro atoms. The highest BCUT2D eigenvalue weighted by molar-refractivity contribution is 6.32. The number of piperidine rings is 1. The quantitative estimate of drug-likeness (QED) is 0.191. The number of piperazine rings is 1. The lowest BCUT2D eigenvalue weighted by Crippen LogP contribution is -2.58. The zero-order chi connectivity index (χ0) is 33.7. The average molecular weight is 694 g/mol. The van der Waals surface area contributed by atoms with Crippen molar-refractivity contribution < 1.29 is 9.59 Å². The number of nitrogens with zero attached hydrogens (tertiary/aromatic N) is 5.